The first-order chi connectivity index (χ1) is 12.0. The van der Waals surface area contributed by atoms with E-state index in [0.717, 1.165) is 48.0 Å². The van der Waals surface area contributed by atoms with Gasteiger partial charge in [0.15, 0.2) is 0 Å². The smallest absolute Gasteiger partial charge is 0.252 e. The minimum absolute atomic E-state index is 0.167. The molecular weight excluding hydrogens is 354 g/mol. The van der Waals surface area contributed by atoms with Crippen LogP contribution in [-0.4, -0.2) is 46.8 Å². The largest absolute Gasteiger partial charge is 0.386 e. The van der Waals surface area contributed by atoms with Crippen LogP contribution in [-0.2, 0) is 9.59 Å². The van der Waals surface area contributed by atoms with Gasteiger partial charge in [0.05, 0.1) is 5.25 Å². The van der Waals surface area contributed by atoms with Crippen LogP contribution in [0.25, 0.3) is 0 Å². The predicted octanol–water partition coefficient (Wildman–Crippen LogP) is 3.13. The fourth-order valence-corrected chi connectivity index (χ4v) is 4.27. The number of nitrogens with one attached hydrogen (secondary N) is 2. The molecule has 144 valence electrons. The Morgan fingerprint density at radius 3 is 2.72 bits per heavy atom. The molecule has 1 aliphatic heterocycles. The number of nitrogens with zero attached hydrogens (tertiary/aromatic N) is 1. The van der Waals surface area contributed by atoms with Gasteiger partial charge in [-0.05, 0) is 58.4 Å². The molecule has 1 aliphatic rings. The molecule has 0 bridgehead atoms. The molecule has 1 fully saturated rings. The Bertz CT molecular complexity index is 446. The normalized spacial score (nSPS) is 18.7. The highest BCUT2D eigenvalue weighted by atomic mass is 32.2. The van der Waals surface area contributed by atoms with Crippen LogP contribution in [0.15, 0.2) is 12.3 Å². The third-order valence-corrected chi connectivity index (χ3v) is 6.00. The summed E-state index contributed by atoms with van der Waals surface area (Å²) < 4.78 is 0.952. The van der Waals surface area contributed by atoms with Crippen molar-refractivity contribution in [3.8, 4) is 0 Å². The van der Waals surface area contributed by atoms with Crippen LogP contribution in [0.4, 0.5) is 0 Å². The van der Waals surface area contributed by atoms with E-state index in [4.69, 9.17) is 0 Å². The fraction of sp³-hybridized carbons (Fsp3) is 0.778. The number of thiol groups is 1. The van der Waals surface area contributed by atoms with E-state index < -0.39 is 0 Å². The van der Waals surface area contributed by atoms with Crippen molar-refractivity contribution in [1.29, 1.82) is 0 Å². The minimum atomic E-state index is -0.231. The summed E-state index contributed by atoms with van der Waals surface area (Å²) in [6.07, 6.45) is 8.18. The molecule has 1 saturated heterocycles. The molecule has 0 aromatic carbocycles. The number of thioether (sulfide) groups is 1. The van der Waals surface area contributed by atoms with Gasteiger partial charge in [-0.25, -0.2) is 4.31 Å². The average molecular weight is 388 g/mol. The number of allylic oxidation sites excluding steroid dienone is 1. The number of hydrogen-bond donors (Lipinski definition) is 3. The molecule has 0 radical (unpaired) electrons. The van der Waals surface area contributed by atoms with E-state index in [2.05, 4.69) is 37.0 Å². The molecule has 7 heteroatoms. The summed E-state index contributed by atoms with van der Waals surface area (Å²) in [4.78, 5) is 23.1. The molecule has 0 aromatic rings. The Balaban J connectivity index is 1.99. The van der Waals surface area contributed by atoms with Gasteiger partial charge in [0.2, 0.25) is 5.91 Å². The zero-order chi connectivity index (χ0) is 18.7. The molecule has 1 heterocycles. The highest BCUT2D eigenvalue weighted by Crippen LogP contribution is 2.27. The predicted molar refractivity (Wildman–Crippen MR) is 110 cm³/mol. The van der Waals surface area contributed by atoms with Gasteiger partial charge in [-0.1, -0.05) is 32.2 Å². The van der Waals surface area contributed by atoms with E-state index in [1.807, 2.05) is 7.05 Å². The first-order valence-electron chi connectivity index (χ1n) is 9.22. The fourth-order valence-electron chi connectivity index (χ4n) is 2.81. The quantitative estimate of drug-likeness (QED) is 0.243. The van der Waals surface area contributed by atoms with E-state index in [1.54, 1.807) is 11.8 Å². The van der Waals surface area contributed by atoms with E-state index in [0.29, 0.717) is 12.5 Å². The van der Waals surface area contributed by atoms with Gasteiger partial charge in [-0.3, -0.25) is 9.59 Å². The van der Waals surface area contributed by atoms with Crippen molar-refractivity contribution < 1.29 is 9.59 Å². The molecular formula is C18H33N3O2S2. The Hall–Kier alpha value is -0.660. The van der Waals surface area contributed by atoms with Gasteiger partial charge < -0.3 is 10.6 Å². The van der Waals surface area contributed by atoms with Crippen molar-refractivity contribution >= 4 is 36.4 Å². The first kappa shape index (κ1) is 22.4. The molecule has 5 nitrogen and oxygen atoms in total. The summed E-state index contributed by atoms with van der Waals surface area (Å²) in [6.45, 7) is 7.42. The van der Waals surface area contributed by atoms with Crippen LogP contribution in [0.3, 0.4) is 0 Å². The number of imide groups is 1. The molecule has 2 unspecified atom stereocenters. The minimum Gasteiger partial charge on any atom is -0.386 e. The van der Waals surface area contributed by atoms with Crippen LogP contribution in [0, 0.1) is 0 Å². The molecule has 25 heavy (non-hydrogen) atoms. The maximum absolute atomic E-state index is 11.7. The van der Waals surface area contributed by atoms with Crippen molar-refractivity contribution in [2.75, 3.05) is 19.3 Å². The highest BCUT2D eigenvalue weighted by Gasteiger charge is 2.36. The van der Waals surface area contributed by atoms with E-state index in [-0.39, 0.29) is 17.1 Å². The second-order valence-corrected chi connectivity index (χ2v) is 8.38. The number of carbonyl (C=O) groups excluding carboxylic acids is 2. The molecule has 0 saturated carbocycles. The number of unbranched alkanes of at least 4 members (excludes halogenated alkanes) is 3. The lowest BCUT2D eigenvalue weighted by atomic mass is 10.1. The number of carbonyl (C=O) groups is 2. The molecule has 2 atom stereocenters. The second kappa shape index (κ2) is 12.7. The van der Waals surface area contributed by atoms with Crippen LogP contribution >= 0.6 is 24.6 Å². The third-order valence-electron chi connectivity index (χ3n) is 4.29. The van der Waals surface area contributed by atoms with Crippen molar-refractivity contribution in [2.45, 2.75) is 69.6 Å². The number of amides is 2. The highest BCUT2D eigenvalue weighted by molar-refractivity contribution is 8.00. The monoisotopic (exact) mass is 387 g/mol. The molecule has 1 rings (SSSR count). The Labute approximate surface area is 162 Å². The summed E-state index contributed by atoms with van der Waals surface area (Å²) in [6, 6.07) is 0.481. The van der Waals surface area contributed by atoms with Gasteiger partial charge in [0.1, 0.15) is 0 Å². The number of hydrogen-bond acceptors (Lipinski definition) is 6. The second-order valence-electron chi connectivity index (χ2n) is 6.67. The lowest BCUT2D eigenvalue weighted by molar-refractivity contribution is -0.131. The molecule has 0 aromatic heterocycles. The van der Waals surface area contributed by atoms with Crippen molar-refractivity contribution in [1.82, 2.24) is 14.9 Å². The molecule has 0 aliphatic carbocycles. The molecule has 2 amide bonds. The van der Waals surface area contributed by atoms with Gasteiger partial charge in [-0.2, -0.15) is 0 Å². The van der Waals surface area contributed by atoms with Gasteiger partial charge in [0, 0.05) is 18.2 Å². The summed E-state index contributed by atoms with van der Waals surface area (Å²) in [7, 11) is 1.99. The summed E-state index contributed by atoms with van der Waals surface area (Å²) in [5, 5.41) is 6.43. The molecule has 0 spiro atoms. The summed E-state index contributed by atoms with van der Waals surface area (Å²) >= 11 is 5.48. The van der Waals surface area contributed by atoms with E-state index in [9.17, 15) is 9.59 Å². The van der Waals surface area contributed by atoms with Gasteiger partial charge in [0.25, 0.3) is 5.91 Å². The topological polar surface area (TPSA) is 61.4 Å². The standard InChI is InChI=1S/C18H33N3O2S2/c1-14(20-15(2)10-6-7-11-19-3)9-5-4-8-12-25-16-13-17(22)21(24)18(16)23/h15-16,19-20,24H,1,4-13H2,2-3H3. The number of rotatable bonds is 14. The van der Waals surface area contributed by atoms with Crippen molar-refractivity contribution in [2.24, 2.45) is 0 Å². The van der Waals surface area contributed by atoms with Crippen LogP contribution < -0.4 is 10.6 Å². The Kier molecular flexibility index (Phi) is 11.3. The summed E-state index contributed by atoms with van der Waals surface area (Å²) in [5.74, 6) is 0.556. The average Bonchev–Trinajstić information content (AvgIpc) is 2.82. The van der Waals surface area contributed by atoms with E-state index in [1.165, 1.54) is 19.3 Å². The van der Waals surface area contributed by atoms with Crippen LogP contribution in [0.1, 0.15) is 58.3 Å². The molecule has 2 N–H and O–H groups in total. The van der Waals surface area contributed by atoms with Gasteiger partial charge >= 0.3 is 0 Å². The van der Waals surface area contributed by atoms with Crippen molar-refractivity contribution in [3.63, 3.8) is 0 Å². The van der Waals surface area contributed by atoms with Gasteiger partial charge in [-0.15, -0.1) is 11.8 Å². The maximum atomic E-state index is 11.7. The zero-order valence-electron chi connectivity index (χ0n) is 15.6. The van der Waals surface area contributed by atoms with Crippen LogP contribution in [0.5, 0.6) is 0 Å². The lowest BCUT2D eigenvalue weighted by Crippen LogP contribution is -2.25. The summed E-state index contributed by atoms with van der Waals surface area (Å²) in [5.41, 5.74) is 1.12. The Morgan fingerprint density at radius 2 is 2.08 bits per heavy atom. The zero-order valence-corrected chi connectivity index (χ0v) is 17.3. The van der Waals surface area contributed by atoms with E-state index >= 15 is 0 Å². The third kappa shape index (κ3) is 9.01. The maximum Gasteiger partial charge on any atom is 0.252 e. The lowest BCUT2D eigenvalue weighted by Gasteiger charge is -2.17. The first-order valence-corrected chi connectivity index (χ1v) is 10.7. The van der Waals surface area contributed by atoms with Crippen molar-refractivity contribution in [3.05, 3.63) is 12.3 Å². The SMILES string of the molecule is C=C(CCCCCSC1CC(=O)N(S)C1=O)NC(C)CCCCNC. The van der Waals surface area contributed by atoms with Crippen LogP contribution in [0.2, 0.25) is 0 Å². The Morgan fingerprint density at radius 1 is 1.32 bits per heavy atom.